The third-order valence-corrected chi connectivity index (χ3v) is 7.72. The molecule has 5 heteroatoms. The summed E-state index contributed by atoms with van der Waals surface area (Å²) in [5.74, 6) is 4.93. The fraction of sp³-hybridized carbons (Fsp3) is 0.303. The largest absolute Gasteiger partial charge is 0.489 e. The number of nitrogens with zero attached hydrogens (tertiary/aromatic N) is 1. The molecule has 1 atom stereocenters. The second-order valence-corrected chi connectivity index (χ2v) is 10.2. The van der Waals surface area contributed by atoms with E-state index >= 15 is 0 Å². The molecule has 1 aliphatic heterocycles. The van der Waals surface area contributed by atoms with Crippen molar-refractivity contribution in [3.05, 3.63) is 106 Å². The first-order valence-electron chi connectivity index (χ1n) is 13.1. The molecule has 0 amide bonds. The Balaban J connectivity index is 1.15. The maximum Gasteiger partial charge on any atom is 0.304 e. The smallest absolute Gasteiger partial charge is 0.304 e. The van der Waals surface area contributed by atoms with Gasteiger partial charge in [0.2, 0.25) is 0 Å². The van der Waals surface area contributed by atoms with Crippen molar-refractivity contribution in [2.45, 2.75) is 50.7 Å². The minimum absolute atomic E-state index is 0.0457. The number of carboxylic acid groups (broad SMARTS) is 1. The zero-order valence-corrected chi connectivity index (χ0v) is 21.6. The van der Waals surface area contributed by atoms with Gasteiger partial charge in [0.05, 0.1) is 12.3 Å². The number of likely N-dealkylation sites (tertiary alicyclic amines) is 1. The minimum atomic E-state index is -0.885. The zero-order valence-electron chi connectivity index (χ0n) is 21.6. The summed E-state index contributed by atoms with van der Waals surface area (Å²) in [7, 11) is 0. The fourth-order valence-electron chi connectivity index (χ4n) is 5.59. The predicted molar refractivity (Wildman–Crippen MR) is 147 cm³/mol. The summed E-state index contributed by atoms with van der Waals surface area (Å²) in [6.07, 6.45) is 6.67. The van der Waals surface area contributed by atoms with Crippen LogP contribution in [0.4, 0.5) is 4.39 Å². The fourth-order valence-corrected chi connectivity index (χ4v) is 5.59. The summed E-state index contributed by atoms with van der Waals surface area (Å²) in [5, 5.41) is 9.12. The molecule has 0 aromatic heterocycles. The van der Waals surface area contributed by atoms with E-state index in [2.05, 4.69) is 53.2 Å². The van der Waals surface area contributed by atoms with Gasteiger partial charge >= 0.3 is 5.97 Å². The van der Waals surface area contributed by atoms with Crippen LogP contribution in [0.3, 0.4) is 0 Å². The van der Waals surface area contributed by atoms with E-state index in [-0.39, 0.29) is 30.2 Å². The Kier molecular flexibility index (Phi) is 7.62. The lowest BCUT2D eigenvalue weighted by molar-refractivity contribution is -0.137. The van der Waals surface area contributed by atoms with E-state index < -0.39 is 5.97 Å². The number of allylic oxidation sites excluding steroid dienone is 1. The van der Waals surface area contributed by atoms with Crippen LogP contribution in [0.15, 0.2) is 72.8 Å². The maximum atomic E-state index is 15.0. The molecule has 1 N–H and O–H groups in total. The van der Waals surface area contributed by atoms with Crippen LogP contribution in [-0.2, 0) is 23.4 Å². The lowest BCUT2D eigenvalue weighted by Gasteiger charge is -2.39. The Hall–Kier alpha value is -3.88. The van der Waals surface area contributed by atoms with Crippen LogP contribution in [0.1, 0.15) is 59.9 Å². The molecule has 3 aromatic rings. The second kappa shape index (κ2) is 11.2. The van der Waals surface area contributed by atoms with Crippen LogP contribution in [0.25, 0.3) is 6.08 Å². The molecule has 4 nitrogen and oxygen atoms in total. The van der Waals surface area contributed by atoms with Crippen molar-refractivity contribution >= 4 is 12.0 Å². The van der Waals surface area contributed by atoms with Crippen LogP contribution in [0.5, 0.6) is 5.75 Å². The number of fused-ring (bicyclic) bond motifs is 2. The molecule has 0 unspecified atom stereocenters. The summed E-state index contributed by atoms with van der Waals surface area (Å²) in [6.45, 7) is 4.44. The summed E-state index contributed by atoms with van der Waals surface area (Å²) in [5.41, 5.74) is 5.19. The minimum Gasteiger partial charge on any atom is -0.489 e. The molecule has 38 heavy (non-hydrogen) atoms. The molecule has 2 aliphatic rings. The SMILES string of the molecule is CC#C[C@@H](CC(=O)O)c1ccc(OCc2ccc(CN3CCC4(C=Cc5ccccc54)CC3)c(F)c2)cc1. The average Bonchev–Trinajstić information content (AvgIpc) is 3.28. The number of rotatable bonds is 8. The normalized spacial score (nSPS) is 16.5. The molecule has 3 aromatic carbocycles. The van der Waals surface area contributed by atoms with Gasteiger partial charge in [0.1, 0.15) is 18.2 Å². The number of carbonyl (C=O) groups is 1. The third-order valence-electron chi connectivity index (χ3n) is 7.72. The first-order chi connectivity index (χ1) is 18.5. The van der Waals surface area contributed by atoms with E-state index in [1.54, 1.807) is 25.1 Å². The van der Waals surface area contributed by atoms with Gasteiger partial charge in [0.15, 0.2) is 0 Å². The molecule has 0 bridgehead atoms. The number of halogens is 1. The summed E-state index contributed by atoms with van der Waals surface area (Å²) >= 11 is 0. The molecule has 1 heterocycles. The van der Waals surface area contributed by atoms with Crippen molar-refractivity contribution in [2.24, 2.45) is 0 Å². The molecule has 194 valence electrons. The van der Waals surface area contributed by atoms with Crippen LogP contribution in [0, 0.1) is 17.7 Å². The van der Waals surface area contributed by atoms with E-state index in [4.69, 9.17) is 9.84 Å². The second-order valence-electron chi connectivity index (χ2n) is 10.2. The van der Waals surface area contributed by atoms with Gasteiger partial charge in [-0.2, -0.15) is 0 Å². The molecule has 1 fully saturated rings. The number of aliphatic carboxylic acids is 1. The Bertz CT molecular complexity index is 1390. The molecular weight excluding hydrogens is 477 g/mol. The summed E-state index contributed by atoms with van der Waals surface area (Å²) in [6, 6.07) is 21.3. The quantitative estimate of drug-likeness (QED) is 0.350. The highest BCUT2D eigenvalue weighted by Gasteiger charge is 2.37. The Morgan fingerprint density at radius 1 is 1.11 bits per heavy atom. The number of hydrogen-bond acceptors (Lipinski definition) is 3. The summed E-state index contributed by atoms with van der Waals surface area (Å²) < 4.78 is 20.8. The number of benzene rings is 3. The van der Waals surface area contributed by atoms with Crippen molar-refractivity contribution in [3.63, 3.8) is 0 Å². The molecule has 1 aliphatic carbocycles. The highest BCUT2D eigenvalue weighted by Crippen LogP contribution is 2.43. The lowest BCUT2D eigenvalue weighted by Crippen LogP contribution is -2.40. The molecule has 5 rings (SSSR count). The van der Waals surface area contributed by atoms with Gasteiger partial charge < -0.3 is 9.84 Å². The van der Waals surface area contributed by atoms with Crippen LogP contribution in [0.2, 0.25) is 0 Å². The highest BCUT2D eigenvalue weighted by atomic mass is 19.1. The molecule has 1 saturated heterocycles. The van der Waals surface area contributed by atoms with Crippen molar-refractivity contribution in [3.8, 4) is 17.6 Å². The van der Waals surface area contributed by atoms with Crippen LogP contribution in [-0.4, -0.2) is 29.1 Å². The van der Waals surface area contributed by atoms with Crippen LogP contribution < -0.4 is 4.74 Å². The maximum absolute atomic E-state index is 15.0. The van der Waals surface area contributed by atoms with E-state index in [9.17, 15) is 9.18 Å². The van der Waals surface area contributed by atoms with E-state index in [0.29, 0.717) is 17.9 Å². The summed E-state index contributed by atoms with van der Waals surface area (Å²) in [4.78, 5) is 13.5. The van der Waals surface area contributed by atoms with Gasteiger partial charge in [-0.15, -0.1) is 5.92 Å². The molecular formula is C33H32FNO3. The Morgan fingerprint density at radius 3 is 2.58 bits per heavy atom. The average molecular weight is 510 g/mol. The van der Waals surface area contributed by atoms with Crippen molar-refractivity contribution in [2.75, 3.05) is 13.1 Å². The number of piperidine rings is 1. The van der Waals surface area contributed by atoms with Crippen molar-refractivity contribution < 1.29 is 19.0 Å². The van der Waals surface area contributed by atoms with E-state index in [0.717, 1.165) is 37.1 Å². The molecule has 0 radical (unpaired) electrons. The number of ether oxygens (including phenoxy) is 1. The van der Waals surface area contributed by atoms with E-state index in [1.165, 1.54) is 11.1 Å². The van der Waals surface area contributed by atoms with Gasteiger partial charge in [-0.3, -0.25) is 9.69 Å². The van der Waals surface area contributed by atoms with Gasteiger partial charge in [0.25, 0.3) is 0 Å². The van der Waals surface area contributed by atoms with Crippen molar-refractivity contribution in [1.29, 1.82) is 0 Å². The van der Waals surface area contributed by atoms with Crippen LogP contribution >= 0.6 is 0 Å². The van der Waals surface area contributed by atoms with Gasteiger partial charge in [-0.25, -0.2) is 4.39 Å². The third kappa shape index (κ3) is 5.66. The predicted octanol–water partition coefficient (Wildman–Crippen LogP) is 6.55. The van der Waals surface area contributed by atoms with E-state index in [1.807, 2.05) is 24.3 Å². The Morgan fingerprint density at radius 2 is 1.87 bits per heavy atom. The zero-order chi connectivity index (χ0) is 26.5. The van der Waals surface area contributed by atoms with Gasteiger partial charge in [-0.05, 0) is 73.3 Å². The lowest BCUT2D eigenvalue weighted by atomic mass is 9.74. The topological polar surface area (TPSA) is 49.8 Å². The molecule has 0 saturated carbocycles. The number of hydrogen-bond donors (Lipinski definition) is 1. The monoisotopic (exact) mass is 509 g/mol. The highest BCUT2D eigenvalue weighted by molar-refractivity contribution is 5.69. The van der Waals surface area contributed by atoms with Crippen molar-refractivity contribution in [1.82, 2.24) is 4.90 Å². The first-order valence-corrected chi connectivity index (χ1v) is 13.1. The Labute approximate surface area is 223 Å². The molecule has 1 spiro atoms. The van der Waals surface area contributed by atoms with Gasteiger partial charge in [0, 0.05) is 17.5 Å². The first kappa shape index (κ1) is 25.8. The van der Waals surface area contributed by atoms with Gasteiger partial charge in [-0.1, -0.05) is 66.6 Å². The standard InChI is InChI=1S/C33H32FNO3/c1-2-5-27(21-32(36)37)25-10-12-29(13-11-25)38-23-24-8-9-28(31(34)20-24)22-35-18-16-33(17-19-35)15-14-26-6-3-4-7-30(26)33/h3-4,6-15,20,27H,16-19,21-23H2,1H3,(H,36,37)/t27-/m0/s1. The number of carboxylic acids is 1.